The van der Waals surface area contributed by atoms with Gasteiger partial charge in [-0.3, -0.25) is 19.3 Å². The summed E-state index contributed by atoms with van der Waals surface area (Å²) in [7, 11) is 0. The smallest absolute Gasteiger partial charge is 0.309 e. The lowest BCUT2D eigenvalue weighted by Crippen LogP contribution is -2.42. The fourth-order valence-corrected chi connectivity index (χ4v) is 4.81. The summed E-state index contributed by atoms with van der Waals surface area (Å²) in [5.74, 6) is -0.483. The largest absolute Gasteiger partial charge is 0.466 e. The first kappa shape index (κ1) is 22.5. The Morgan fingerprint density at radius 2 is 1.90 bits per heavy atom. The van der Waals surface area contributed by atoms with E-state index in [1.165, 1.54) is 16.7 Å². The fraction of sp³-hybridized carbons (Fsp3) is 0.455. The van der Waals surface area contributed by atoms with Gasteiger partial charge in [-0.25, -0.2) is 0 Å². The Labute approximate surface area is 186 Å². The van der Waals surface area contributed by atoms with E-state index in [0.29, 0.717) is 41.8 Å². The van der Waals surface area contributed by atoms with Crippen LogP contribution in [0.4, 0.5) is 0 Å². The van der Waals surface area contributed by atoms with Crippen molar-refractivity contribution >= 4 is 52.2 Å². The molecule has 0 bridgehead atoms. The number of hydrogen-bond acceptors (Lipinski definition) is 6. The van der Waals surface area contributed by atoms with Crippen molar-refractivity contribution in [2.24, 2.45) is 5.92 Å². The van der Waals surface area contributed by atoms with Gasteiger partial charge in [0.15, 0.2) is 0 Å². The molecule has 2 saturated heterocycles. The van der Waals surface area contributed by atoms with Gasteiger partial charge in [-0.2, -0.15) is 0 Å². The zero-order valence-electron chi connectivity index (χ0n) is 17.3. The highest BCUT2D eigenvalue weighted by Crippen LogP contribution is 2.32. The molecule has 1 aromatic rings. The minimum Gasteiger partial charge on any atom is -0.466 e. The number of aryl methyl sites for hydroxylation is 1. The molecule has 0 N–H and O–H groups in total. The van der Waals surface area contributed by atoms with Crippen LogP contribution in [0.2, 0.25) is 0 Å². The van der Waals surface area contributed by atoms with Gasteiger partial charge in [-0.05, 0) is 38.3 Å². The molecular formula is C22H26N2O4S2. The molecule has 160 valence electrons. The lowest BCUT2D eigenvalue weighted by Gasteiger charge is -2.31. The van der Waals surface area contributed by atoms with Crippen molar-refractivity contribution in [3.63, 3.8) is 0 Å². The number of thioether (sulfide) groups is 1. The Morgan fingerprint density at radius 3 is 2.53 bits per heavy atom. The van der Waals surface area contributed by atoms with Crippen LogP contribution in [0.5, 0.6) is 0 Å². The first-order valence-corrected chi connectivity index (χ1v) is 11.4. The first-order valence-electron chi connectivity index (χ1n) is 10.2. The van der Waals surface area contributed by atoms with Gasteiger partial charge in [-0.1, -0.05) is 53.8 Å². The zero-order valence-corrected chi connectivity index (χ0v) is 18.9. The van der Waals surface area contributed by atoms with Crippen molar-refractivity contribution < 1.29 is 19.1 Å². The summed E-state index contributed by atoms with van der Waals surface area (Å²) in [6.45, 7) is 5.52. The Balaban J connectivity index is 1.51. The first-order chi connectivity index (χ1) is 14.4. The third-order valence-electron chi connectivity index (χ3n) is 5.27. The number of carbonyl (C=O) groups is 3. The Morgan fingerprint density at radius 1 is 1.23 bits per heavy atom. The van der Waals surface area contributed by atoms with Crippen LogP contribution >= 0.6 is 24.0 Å². The molecule has 2 amide bonds. The van der Waals surface area contributed by atoms with Crippen molar-refractivity contribution in [1.82, 2.24) is 9.80 Å². The summed E-state index contributed by atoms with van der Waals surface area (Å²) < 4.78 is 5.54. The fourth-order valence-electron chi connectivity index (χ4n) is 3.50. The van der Waals surface area contributed by atoms with E-state index in [2.05, 4.69) is 0 Å². The normalized spacial score (nSPS) is 18.9. The van der Waals surface area contributed by atoms with Crippen molar-refractivity contribution in [1.29, 1.82) is 0 Å². The van der Waals surface area contributed by atoms with E-state index in [1.807, 2.05) is 37.3 Å². The molecule has 0 radical (unpaired) electrons. The molecule has 2 fully saturated rings. The van der Waals surface area contributed by atoms with Crippen LogP contribution in [0.3, 0.4) is 0 Å². The van der Waals surface area contributed by atoms with Crippen molar-refractivity contribution in [2.75, 3.05) is 26.2 Å². The highest BCUT2D eigenvalue weighted by Gasteiger charge is 2.33. The van der Waals surface area contributed by atoms with Gasteiger partial charge in [0.05, 0.1) is 17.4 Å². The van der Waals surface area contributed by atoms with E-state index in [9.17, 15) is 14.4 Å². The van der Waals surface area contributed by atoms with E-state index in [0.717, 1.165) is 11.1 Å². The third kappa shape index (κ3) is 5.49. The highest BCUT2D eigenvalue weighted by atomic mass is 32.2. The molecule has 0 atom stereocenters. The number of ether oxygens (including phenoxy) is 1. The molecule has 0 unspecified atom stereocenters. The molecule has 2 aliphatic heterocycles. The summed E-state index contributed by atoms with van der Waals surface area (Å²) in [5, 5.41) is 0. The summed E-state index contributed by atoms with van der Waals surface area (Å²) in [4.78, 5) is 41.0. The number of amides is 2. The summed E-state index contributed by atoms with van der Waals surface area (Å²) in [6.07, 6.45) is 3.28. The Kier molecular flexibility index (Phi) is 7.66. The molecule has 2 heterocycles. The van der Waals surface area contributed by atoms with E-state index in [4.69, 9.17) is 17.0 Å². The molecule has 0 spiro atoms. The lowest BCUT2D eigenvalue weighted by molar-refractivity contribution is -0.151. The number of rotatable bonds is 6. The van der Waals surface area contributed by atoms with Gasteiger partial charge >= 0.3 is 5.97 Å². The van der Waals surface area contributed by atoms with E-state index >= 15 is 0 Å². The van der Waals surface area contributed by atoms with Gasteiger partial charge < -0.3 is 9.64 Å². The average Bonchev–Trinajstić information content (AvgIpc) is 3.00. The lowest BCUT2D eigenvalue weighted by atomic mass is 9.97. The van der Waals surface area contributed by atoms with Gasteiger partial charge in [0.1, 0.15) is 4.32 Å². The van der Waals surface area contributed by atoms with Crippen LogP contribution in [0, 0.1) is 12.8 Å². The number of thiocarbonyl (C=S) groups is 1. The van der Waals surface area contributed by atoms with E-state index in [-0.39, 0.29) is 36.7 Å². The Hall–Kier alpha value is -2.19. The topological polar surface area (TPSA) is 66.9 Å². The number of likely N-dealkylation sites (tertiary alicyclic amines) is 1. The monoisotopic (exact) mass is 446 g/mol. The highest BCUT2D eigenvalue weighted by molar-refractivity contribution is 8.26. The predicted octanol–water partition coefficient (Wildman–Crippen LogP) is 3.39. The van der Waals surface area contributed by atoms with Crippen LogP contribution in [-0.4, -0.2) is 58.1 Å². The third-order valence-corrected chi connectivity index (χ3v) is 6.64. The average molecular weight is 447 g/mol. The second-order valence-corrected chi connectivity index (χ2v) is 9.08. The SMILES string of the molecule is CCOC(=O)C1CCN(C(=O)CCN2C(=O)C(=Cc3ccc(C)cc3)SC2=S)CC1. The van der Waals surface area contributed by atoms with Gasteiger partial charge in [0, 0.05) is 26.1 Å². The molecule has 8 heteroatoms. The van der Waals surface area contributed by atoms with Crippen molar-refractivity contribution in [3.05, 3.63) is 40.3 Å². The van der Waals surface area contributed by atoms with Gasteiger partial charge in [-0.15, -0.1) is 0 Å². The van der Waals surface area contributed by atoms with Crippen LogP contribution in [0.25, 0.3) is 6.08 Å². The maximum atomic E-state index is 12.7. The molecule has 2 aliphatic rings. The Bertz CT molecular complexity index is 858. The minimum atomic E-state index is -0.178. The quantitative estimate of drug-likeness (QED) is 0.379. The molecule has 6 nitrogen and oxygen atoms in total. The van der Waals surface area contributed by atoms with E-state index in [1.54, 1.807) is 11.8 Å². The zero-order chi connectivity index (χ0) is 21.7. The van der Waals surface area contributed by atoms with Crippen LogP contribution in [0.1, 0.15) is 37.3 Å². The molecule has 0 aliphatic carbocycles. The number of hydrogen-bond donors (Lipinski definition) is 0. The van der Waals surface area contributed by atoms with Crippen LogP contribution < -0.4 is 0 Å². The molecule has 1 aromatic carbocycles. The molecule has 30 heavy (non-hydrogen) atoms. The number of piperidine rings is 1. The minimum absolute atomic E-state index is 0.0196. The number of nitrogens with zero attached hydrogens (tertiary/aromatic N) is 2. The molecular weight excluding hydrogens is 420 g/mol. The number of esters is 1. The summed E-state index contributed by atoms with van der Waals surface area (Å²) in [5.41, 5.74) is 2.10. The summed E-state index contributed by atoms with van der Waals surface area (Å²) in [6, 6.07) is 7.92. The van der Waals surface area contributed by atoms with Crippen molar-refractivity contribution in [3.8, 4) is 0 Å². The second-order valence-electron chi connectivity index (χ2n) is 7.40. The van der Waals surface area contributed by atoms with Crippen LogP contribution in [-0.2, 0) is 19.1 Å². The molecule has 0 saturated carbocycles. The second kappa shape index (κ2) is 10.2. The van der Waals surface area contributed by atoms with Gasteiger partial charge in [0.2, 0.25) is 5.91 Å². The number of carbonyl (C=O) groups excluding carboxylic acids is 3. The molecule has 0 aromatic heterocycles. The van der Waals surface area contributed by atoms with E-state index < -0.39 is 0 Å². The van der Waals surface area contributed by atoms with Crippen molar-refractivity contribution in [2.45, 2.75) is 33.1 Å². The summed E-state index contributed by atoms with van der Waals surface area (Å²) >= 11 is 6.63. The van der Waals surface area contributed by atoms with Crippen LogP contribution in [0.15, 0.2) is 29.2 Å². The maximum absolute atomic E-state index is 12.7. The predicted molar refractivity (Wildman–Crippen MR) is 122 cm³/mol. The molecule has 3 rings (SSSR count). The van der Waals surface area contributed by atoms with Gasteiger partial charge in [0.25, 0.3) is 5.91 Å². The standard InChI is InChI=1S/C22H26N2O4S2/c1-3-28-21(27)17-8-11-23(12-9-17)19(25)10-13-24-20(26)18(30-22(24)29)14-16-6-4-15(2)5-7-16/h4-7,14,17H,3,8-13H2,1-2H3. The maximum Gasteiger partial charge on any atom is 0.309 e. The number of benzene rings is 1.